The molecule has 4 heterocycles. The third-order valence-corrected chi connectivity index (χ3v) is 5.27. The van der Waals surface area contributed by atoms with E-state index in [0.717, 1.165) is 46.8 Å². The molecular formula is C17H21Cl2N5OS. The molecule has 26 heavy (non-hydrogen) atoms. The molecule has 1 aliphatic rings. The minimum Gasteiger partial charge on any atom is -0.348 e. The van der Waals surface area contributed by atoms with Gasteiger partial charge in [0.2, 0.25) is 0 Å². The van der Waals surface area contributed by atoms with Gasteiger partial charge in [-0.1, -0.05) is 6.07 Å². The Morgan fingerprint density at radius 1 is 1.42 bits per heavy atom. The molecule has 0 spiro atoms. The minimum absolute atomic E-state index is 0. The Bertz CT molecular complexity index is 904. The molecule has 1 atom stereocenters. The van der Waals surface area contributed by atoms with E-state index in [1.54, 1.807) is 16.0 Å². The van der Waals surface area contributed by atoms with Gasteiger partial charge in [-0.15, -0.1) is 36.2 Å². The first-order valence-electron chi connectivity index (χ1n) is 8.03. The van der Waals surface area contributed by atoms with Crippen LogP contribution in [0.4, 0.5) is 0 Å². The van der Waals surface area contributed by atoms with Gasteiger partial charge in [-0.2, -0.15) is 5.10 Å². The molecular weight excluding hydrogens is 393 g/mol. The topological polar surface area (TPSA) is 71.8 Å². The van der Waals surface area contributed by atoms with E-state index < -0.39 is 0 Å². The summed E-state index contributed by atoms with van der Waals surface area (Å²) in [4.78, 5) is 18.7. The molecule has 0 aromatic carbocycles. The Kier molecular flexibility index (Phi) is 6.63. The van der Waals surface area contributed by atoms with Crippen molar-refractivity contribution < 1.29 is 4.79 Å². The van der Waals surface area contributed by atoms with Gasteiger partial charge in [0.05, 0.1) is 27.2 Å². The highest BCUT2D eigenvalue weighted by Gasteiger charge is 2.22. The van der Waals surface area contributed by atoms with Crippen molar-refractivity contribution in [1.82, 2.24) is 25.4 Å². The van der Waals surface area contributed by atoms with E-state index in [1.165, 1.54) is 0 Å². The van der Waals surface area contributed by atoms with Gasteiger partial charge in [-0.3, -0.25) is 9.48 Å². The molecule has 1 unspecified atom stereocenters. The molecule has 140 valence electrons. The van der Waals surface area contributed by atoms with Crippen molar-refractivity contribution in [3.63, 3.8) is 0 Å². The van der Waals surface area contributed by atoms with Gasteiger partial charge in [-0.05, 0) is 37.4 Å². The number of nitrogens with zero attached hydrogens (tertiary/aromatic N) is 3. The lowest BCUT2D eigenvalue weighted by Crippen LogP contribution is -2.36. The van der Waals surface area contributed by atoms with Gasteiger partial charge in [0, 0.05) is 19.6 Å². The number of nitrogens with one attached hydrogen (secondary N) is 2. The first-order valence-corrected chi connectivity index (χ1v) is 8.91. The highest BCUT2D eigenvalue weighted by molar-refractivity contribution is 7.13. The molecule has 2 N–H and O–H groups in total. The lowest BCUT2D eigenvalue weighted by Gasteiger charge is -2.13. The van der Waals surface area contributed by atoms with Gasteiger partial charge < -0.3 is 10.6 Å². The molecule has 3 aromatic rings. The molecule has 1 saturated heterocycles. The van der Waals surface area contributed by atoms with Crippen molar-refractivity contribution in [3.8, 4) is 10.6 Å². The van der Waals surface area contributed by atoms with Crippen LogP contribution < -0.4 is 10.6 Å². The lowest BCUT2D eigenvalue weighted by atomic mass is 10.1. The van der Waals surface area contributed by atoms with E-state index >= 15 is 0 Å². The average molecular weight is 414 g/mol. The van der Waals surface area contributed by atoms with E-state index in [2.05, 4.69) is 15.7 Å². The standard InChI is InChI=1S/C17H19N5OS.2ClH/c1-10-15-12(17(23)19-11-5-6-18-9-11)8-13(14-4-3-7-24-14)20-16(15)22(2)21-10;;/h3-4,7-8,11,18H,5-6,9H2,1-2H3,(H,19,23);2*1H. The van der Waals surface area contributed by atoms with Crippen molar-refractivity contribution in [2.75, 3.05) is 13.1 Å². The summed E-state index contributed by atoms with van der Waals surface area (Å²) < 4.78 is 1.75. The van der Waals surface area contributed by atoms with Gasteiger partial charge in [0.25, 0.3) is 5.91 Å². The van der Waals surface area contributed by atoms with Crippen LogP contribution in [0.3, 0.4) is 0 Å². The van der Waals surface area contributed by atoms with Crippen molar-refractivity contribution in [2.24, 2.45) is 7.05 Å². The second-order valence-electron chi connectivity index (χ2n) is 6.10. The second-order valence-corrected chi connectivity index (χ2v) is 7.05. The monoisotopic (exact) mass is 413 g/mol. The van der Waals surface area contributed by atoms with E-state index in [-0.39, 0.29) is 36.8 Å². The van der Waals surface area contributed by atoms with Crippen LogP contribution in [0.2, 0.25) is 0 Å². The fraction of sp³-hybridized carbons (Fsp3) is 0.353. The normalized spacial score (nSPS) is 16.2. The van der Waals surface area contributed by atoms with Crippen molar-refractivity contribution in [1.29, 1.82) is 0 Å². The smallest absolute Gasteiger partial charge is 0.252 e. The molecule has 6 nitrogen and oxygen atoms in total. The van der Waals surface area contributed by atoms with E-state index in [9.17, 15) is 4.79 Å². The highest BCUT2D eigenvalue weighted by atomic mass is 35.5. The molecule has 0 bridgehead atoms. The summed E-state index contributed by atoms with van der Waals surface area (Å²) >= 11 is 1.62. The number of thiophene rings is 1. The molecule has 4 rings (SSSR count). The van der Waals surface area contributed by atoms with Gasteiger partial charge in [0.1, 0.15) is 0 Å². The Labute approximate surface area is 168 Å². The van der Waals surface area contributed by atoms with Crippen molar-refractivity contribution in [2.45, 2.75) is 19.4 Å². The number of rotatable bonds is 3. The van der Waals surface area contributed by atoms with E-state index in [4.69, 9.17) is 4.98 Å². The summed E-state index contributed by atoms with van der Waals surface area (Å²) in [7, 11) is 1.86. The molecule has 1 amide bonds. The van der Waals surface area contributed by atoms with Gasteiger partial charge >= 0.3 is 0 Å². The van der Waals surface area contributed by atoms with Crippen molar-refractivity contribution >= 4 is 53.1 Å². The predicted molar refractivity (Wildman–Crippen MR) is 110 cm³/mol. The number of halogens is 2. The van der Waals surface area contributed by atoms with Crippen LogP contribution in [0.15, 0.2) is 23.6 Å². The molecule has 0 radical (unpaired) electrons. The second kappa shape index (κ2) is 8.35. The SMILES string of the molecule is Cc1nn(C)c2nc(-c3cccs3)cc(C(=O)NC3CCNC3)c12.Cl.Cl. The number of hydrogen-bond acceptors (Lipinski definition) is 5. The van der Waals surface area contributed by atoms with Crippen molar-refractivity contribution in [3.05, 3.63) is 34.8 Å². The zero-order chi connectivity index (χ0) is 16.7. The summed E-state index contributed by atoms with van der Waals surface area (Å²) in [5.74, 6) is -0.0509. The molecule has 9 heteroatoms. The fourth-order valence-electron chi connectivity index (χ4n) is 3.22. The summed E-state index contributed by atoms with van der Waals surface area (Å²) in [6.07, 6.45) is 0.962. The number of carbonyl (C=O) groups excluding carboxylic acids is 1. The Morgan fingerprint density at radius 2 is 2.23 bits per heavy atom. The number of carbonyl (C=O) groups is 1. The molecule has 1 aliphatic heterocycles. The fourth-order valence-corrected chi connectivity index (χ4v) is 3.90. The molecule has 1 fully saturated rings. The molecule has 0 saturated carbocycles. The number of fused-ring (bicyclic) bond motifs is 1. The van der Waals surface area contributed by atoms with Crippen LogP contribution in [0.1, 0.15) is 22.5 Å². The number of hydrogen-bond donors (Lipinski definition) is 2. The Balaban J connectivity index is 0.00000121. The minimum atomic E-state index is -0.0509. The number of pyridine rings is 1. The average Bonchev–Trinajstić information content (AvgIpc) is 3.30. The number of amides is 1. The zero-order valence-electron chi connectivity index (χ0n) is 14.5. The van der Waals surface area contributed by atoms with Crippen LogP contribution >= 0.6 is 36.2 Å². The van der Waals surface area contributed by atoms with Crippen LogP contribution in [-0.4, -0.2) is 39.8 Å². The summed E-state index contributed by atoms with van der Waals surface area (Å²) in [6, 6.07) is 6.08. The summed E-state index contributed by atoms with van der Waals surface area (Å²) in [6.45, 7) is 3.69. The maximum atomic E-state index is 12.9. The zero-order valence-corrected chi connectivity index (χ0v) is 16.9. The quantitative estimate of drug-likeness (QED) is 0.692. The molecule has 3 aromatic heterocycles. The summed E-state index contributed by atoms with van der Waals surface area (Å²) in [5, 5.41) is 13.7. The number of aryl methyl sites for hydroxylation is 2. The maximum absolute atomic E-state index is 12.9. The lowest BCUT2D eigenvalue weighted by molar-refractivity contribution is 0.0941. The van der Waals surface area contributed by atoms with Crippen LogP contribution in [0.25, 0.3) is 21.6 Å². The van der Waals surface area contributed by atoms with Gasteiger partial charge in [-0.25, -0.2) is 4.98 Å². The van der Waals surface area contributed by atoms with Crippen LogP contribution in [0.5, 0.6) is 0 Å². The summed E-state index contributed by atoms with van der Waals surface area (Å²) in [5.41, 5.74) is 3.04. The van der Waals surface area contributed by atoms with E-state index in [0.29, 0.717) is 5.56 Å². The largest absolute Gasteiger partial charge is 0.348 e. The highest BCUT2D eigenvalue weighted by Crippen LogP contribution is 2.29. The first kappa shape index (κ1) is 20.6. The molecule has 0 aliphatic carbocycles. The maximum Gasteiger partial charge on any atom is 0.252 e. The van der Waals surface area contributed by atoms with Gasteiger partial charge in [0.15, 0.2) is 5.65 Å². The third-order valence-electron chi connectivity index (χ3n) is 4.38. The first-order chi connectivity index (χ1) is 11.6. The van der Waals surface area contributed by atoms with Crippen LogP contribution in [-0.2, 0) is 7.05 Å². The Morgan fingerprint density at radius 3 is 2.88 bits per heavy atom. The Hall–Kier alpha value is -1.67. The number of aromatic nitrogens is 3. The van der Waals surface area contributed by atoms with Crippen LogP contribution in [0, 0.1) is 6.92 Å². The predicted octanol–water partition coefficient (Wildman–Crippen LogP) is 2.94. The van der Waals surface area contributed by atoms with E-state index in [1.807, 2.05) is 37.6 Å². The third kappa shape index (κ3) is 3.71.